The summed E-state index contributed by atoms with van der Waals surface area (Å²) in [4.78, 5) is 17.3. The second-order valence-corrected chi connectivity index (χ2v) is 12.1. The number of hydrogen-bond donors (Lipinski definition) is 2. The fourth-order valence-corrected chi connectivity index (χ4v) is 5.67. The van der Waals surface area contributed by atoms with Crippen LogP contribution >= 0.6 is 0 Å². The van der Waals surface area contributed by atoms with Gasteiger partial charge in [-0.2, -0.15) is 0 Å². The SMILES string of the molecule is C[C@@H]1CN([C@@H](C)CO)C(=O)Cc2cc(NS(C)(=O)=O)ccc2O[C@H]1CN(C)CC1CCCCC1. The normalized spacial score (nSPS) is 23.5. The van der Waals surface area contributed by atoms with Crippen LogP contribution in [-0.2, 0) is 21.2 Å². The van der Waals surface area contributed by atoms with Gasteiger partial charge in [0, 0.05) is 36.8 Å². The smallest absolute Gasteiger partial charge is 0.229 e. The highest BCUT2D eigenvalue weighted by Crippen LogP contribution is 2.30. The predicted octanol–water partition coefficient (Wildman–Crippen LogP) is 2.72. The van der Waals surface area contributed by atoms with Crippen molar-refractivity contribution in [2.24, 2.45) is 11.8 Å². The lowest BCUT2D eigenvalue weighted by atomic mass is 9.89. The van der Waals surface area contributed by atoms with Crippen LogP contribution < -0.4 is 9.46 Å². The largest absolute Gasteiger partial charge is 0.488 e. The van der Waals surface area contributed by atoms with Crippen molar-refractivity contribution in [1.29, 1.82) is 0 Å². The van der Waals surface area contributed by atoms with Crippen molar-refractivity contribution in [3.8, 4) is 5.75 Å². The second kappa shape index (κ2) is 11.7. The van der Waals surface area contributed by atoms with E-state index >= 15 is 0 Å². The van der Waals surface area contributed by atoms with Crippen molar-refractivity contribution in [2.75, 3.05) is 44.3 Å². The summed E-state index contributed by atoms with van der Waals surface area (Å²) < 4.78 is 32.4. The lowest BCUT2D eigenvalue weighted by molar-refractivity contribution is -0.134. The molecule has 34 heavy (non-hydrogen) atoms. The van der Waals surface area contributed by atoms with Gasteiger partial charge in [0.1, 0.15) is 11.9 Å². The Kier molecular flexibility index (Phi) is 9.23. The van der Waals surface area contributed by atoms with Gasteiger partial charge in [0.15, 0.2) is 0 Å². The minimum atomic E-state index is -3.44. The number of amides is 1. The van der Waals surface area contributed by atoms with Crippen molar-refractivity contribution in [3.05, 3.63) is 23.8 Å². The molecule has 1 fully saturated rings. The average Bonchev–Trinajstić information content (AvgIpc) is 2.81. The monoisotopic (exact) mass is 495 g/mol. The number of hydrogen-bond acceptors (Lipinski definition) is 6. The molecule has 8 nitrogen and oxygen atoms in total. The Hall–Kier alpha value is -1.84. The molecule has 0 unspecified atom stereocenters. The predicted molar refractivity (Wildman–Crippen MR) is 135 cm³/mol. The third-order valence-corrected chi connectivity index (χ3v) is 7.61. The number of carbonyl (C=O) groups is 1. The van der Waals surface area contributed by atoms with Gasteiger partial charge >= 0.3 is 0 Å². The summed E-state index contributed by atoms with van der Waals surface area (Å²) in [5, 5.41) is 9.77. The number of sulfonamides is 1. The van der Waals surface area contributed by atoms with E-state index in [1.807, 2.05) is 6.92 Å². The van der Waals surface area contributed by atoms with E-state index < -0.39 is 10.0 Å². The molecule has 9 heteroatoms. The van der Waals surface area contributed by atoms with Crippen LogP contribution in [0.4, 0.5) is 5.69 Å². The molecule has 3 rings (SSSR count). The Labute approximate surface area is 204 Å². The van der Waals surface area contributed by atoms with Gasteiger partial charge in [0.2, 0.25) is 15.9 Å². The Morgan fingerprint density at radius 2 is 1.94 bits per heavy atom. The minimum absolute atomic E-state index is 0.0477. The van der Waals surface area contributed by atoms with Crippen LogP contribution in [0.5, 0.6) is 5.75 Å². The van der Waals surface area contributed by atoms with Crippen molar-refractivity contribution < 1.29 is 23.1 Å². The Morgan fingerprint density at radius 1 is 1.24 bits per heavy atom. The number of nitrogens with zero attached hydrogens (tertiary/aromatic N) is 2. The van der Waals surface area contributed by atoms with Crippen LogP contribution in [0.2, 0.25) is 0 Å². The zero-order valence-corrected chi connectivity index (χ0v) is 21.8. The van der Waals surface area contributed by atoms with Gasteiger partial charge in [-0.05, 0) is 50.9 Å². The van der Waals surface area contributed by atoms with E-state index in [9.17, 15) is 18.3 Å². The standard InChI is InChI=1S/C25H41N3O5S/c1-18-14-28(19(2)17-29)25(30)13-21-12-22(26-34(4,31)32)10-11-23(21)33-24(18)16-27(3)15-20-8-6-5-7-9-20/h10-12,18-20,24,26,29H,5-9,13-17H2,1-4H3/t18-,19+,24+/m1/s1. The summed E-state index contributed by atoms with van der Waals surface area (Å²) in [6, 6.07) is 4.79. The molecular weight excluding hydrogens is 454 g/mol. The topological polar surface area (TPSA) is 99.2 Å². The van der Waals surface area contributed by atoms with E-state index in [0.717, 1.165) is 25.3 Å². The van der Waals surface area contributed by atoms with Gasteiger partial charge in [0.25, 0.3) is 0 Å². The first-order valence-electron chi connectivity index (χ1n) is 12.4. The first-order chi connectivity index (χ1) is 16.1. The zero-order valence-electron chi connectivity index (χ0n) is 21.0. The molecule has 192 valence electrons. The Balaban J connectivity index is 1.87. The highest BCUT2D eigenvalue weighted by atomic mass is 32.2. The Morgan fingerprint density at radius 3 is 2.59 bits per heavy atom. The van der Waals surface area contributed by atoms with Gasteiger partial charge in [-0.3, -0.25) is 9.52 Å². The molecule has 2 aliphatic rings. The van der Waals surface area contributed by atoms with E-state index in [1.165, 1.54) is 32.1 Å². The molecule has 0 spiro atoms. The van der Waals surface area contributed by atoms with E-state index in [2.05, 4.69) is 23.6 Å². The third-order valence-electron chi connectivity index (χ3n) is 7.01. The van der Waals surface area contributed by atoms with Crippen molar-refractivity contribution >= 4 is 21.6 Å². The molecule has 0 bridgehead atoms. The van der Waals surface area contributed by atoms with Crippen LogP contribution in [0.25, 0.3) is 0 Å². The maximum Gasteiger partial charge on any atom is 0.229 e. The molecule has 3 atom stereocenters. The number of likely N-dealkylation sites (N-methyl/N-ethyl adjacent to an activating group) is 1. The van der Waals surface area contributed by atoms with Crippen LogP contribution in [0.3, 0.4) is 0 Å². The molecule has 0 saturated heterocycles. The second-order valence-electron chi connectivity index (χ2n) is 10.3. The lowest BCUT2D eigenvalue weighted by Crippen LogP contribution is -2.48. The molecule has 0 radical (unpaired) electrons. The highest BCUT2D eigenvalue weighted by molar-refractivity contribution is 7.92. The maximum atomic E-state index is 13.2. The Bertz CT molecular complexity index is 932. The number of aliphatic hydroxyl groups excluding tert-OH is 1. The van der Waals surface area contributed by atoms with Crippen molar-refractivity contribution in [1.82, 2.24) is 9.80 Å². The molecule has 2 N–H and O–H groups in total. The molecule has 0 aromatic heterocycles. The van der Waals surface area contributed by atoms with E-state index in [1.54, 1.807) is 23.1 Å². The summed E-state index contributed by atoms with van der Waals surface area (Å²) >= 11 is 0. The van der Waals surface area contributed by atoms with Gasteiger partial charge in [-0.15, -0.1) is 0 Å². The summed E-state index contributed by atoms with van der Waals surface area (Å²) in [5.74, 6) is 1.26. The maximum absolute atomic E-state index is 13.2. The molecule has 1 aromatic carbocycles. The summed E-state index contributed by atoms with van der Waals surface area (Å²) in [7, 11) is -1.31. The molecule has 1 aromatic rings. The number of aliphatic hydroxyl groups is 1. The molecule has 1 aliphatic heterocycles. The minimum Gasteiger partial charge on any atom is -0.488 e. The number of anilines is 1. The van der Waals surface area contributed by atoms with E-state index in [-0.39, 0.29) is 37.0 Å². The molecule has 1 aliphatic carbocycles. The first kappa shape index (κ1) is 26.8. The number of rotatable bonds is 8. The summed E-state index contributed by atoms with van der Waals surface area (Å²) in [6.07, 6.45) is 7.53. The van der Waals surface area contributed by atoms with Gasteiger partial charge in [-0.25, -0.2) is 8.42 Å². The van der Waals surface area contributed by atoms with E-state index in [4.69, 9.17) is 4.74 Å². The quantitative estimate of drug-likeness (QED) is 0.575. The van der Waals surface area contributed by atoms with E-state index in [0.29, 0.717) is 23.5 Å². The van der Waals surface area contributed by atoms with Crippen molar-refractivity contribution in [3.63, 3.8) is 0 Å². The van der Waals surface area contributed by atoms with Gasteiger partial charge in [-0.1, -0.05) is 26.2 Å². The fourth-order valence-electron chi connectivity index (χ4n) is 5.12. The number of benzene rings is 1. The third kappa shape index (κ3) is 7.58. The number of carbonyl (C=O) groups excluding carboxylic acids is 1. The number of nitrogens with one attached hydrogen (secondary N) is 1. The highest BCUT2D eigenvalue weighted by Gasteiger charge is 2.31. The summed E-state index contributed by atoms with van der Waals surface area (Å²) in [5.41, 5.74) is 1.04. The fraction of sp³-hybridized carbons (Fsp3) is 0.720. The van der Waals surface area contributed by atoms with Crippen LogP contribution in [-0.4, -0.2) is 80.9 Å². The van der Waals surface area contributed by atoms with Gasteiger partial charge < -0.3 is 19.6 Å². The molecule has 1 saturated carbocycles. The van der Waals surface area contributed by atoms with Crippen molar-refractivity contribution in [2.45, 2.75) is 64.5 Å². The molecule has 1 amide bonds. The van der Waals surface area contributed by atoms with Crippen LogP contribution in [0, 0.1) is 11.8 Å². The summed E-state index contributed by atoms with van der Waals surface area (Å²) in [6.45, 7) is 6.07. The zero-order chi connectivity index (χ0) is 24.9. The number of ether oxygens (including phenoxy) is 1. The van der Waals surface area contributed by atoms with Crippen LogP contribution in [0.15, 0.2) is 18.2 Å². The number of fused-ring (bicyclic) bond motifs is 1. The van der Waals surface area contributed by atoms with Crippen LogP contribution in [0.1, 0.15) is 51.5 Å². The molecule has 1 heterocycles. The first-order valence-corrected chi connectivity index (χ1v) is 14.3. The average molecular weight is 496 g/mol. The molecular formula is C25H41N3O5S. The lowest BCUT2D eigenvalue weighted by Gasteiger charge is -2.35. The van der Waals surface area contributed by atoms with Gasteiger partial charge in [0.05, 0.1) is 25.3 Å².